The molecule has 4 heteroatoms. The van der Waals surface area contributed by atoms with Crippen LogP contribution < -0.4 is 14.5 Å². The van der Waals surface area contributed by atoms with Crippen LogP contribution in [-0.2, 0) is 7.05 Å². The Balaban J connectivity index is 1.54. The normalized spacial score (nSPS) is 14.5. The second-order valence-corrected chi connectivity index (χ2v) is 8.39. The van der Waals surface area contributed by atoms with E-state index in [0.29, 0.717) is 0 Å². The molecule has 0 radical (unpaired) electrons. The van der Waals surface area contributed by atoms with Crippen LogP contribution in [0, 0.1) is 0 Å². The summed E-state index contributed by atoms with van der Waals surface area (Å²) in [6, 6.07) is 26.0. The van der Waals surface area contributed by atoms with Crippen LogP contribution >= 0.6 is 0 Å². The van der Waals surface area contributed by atoms with Crippen molar-refractivity contribution >= 4 is 38.8 Å². The highest BCUT2D eigenvalue weighted by Gasteiger charge is 2.18. The molecule has 0 amide bonds. The van der Waals surface area contributed by atoms with Crippen molar-refractivity contribution in [3.8, 4) is 0 Å². The fourth-order valence-corrected chi connectivity index (χ4v) is 4.82. The van der Waals surface area contributed by atoms with E-state index in [1.165, 1.54) is 40.2 Å². The highest BCUT2D eigenvalue weighted by atomic mass is 15.4. The molecule has 1 saturated heterocycles. The number of aryl methyl sites for hydroxylation is 1. The lowest BCUT2D eigenvalue weighted by Gasteiger charge is -2.23. The van der Waals surface area contributed by atoms with Crippen molar-refractivity contribution < 1.29 is 4.57 Å². The van der Waals surface area contributed by atoms with Crippen LogP contribution in [-0.4, -0.2) is 25.8 Å². The van der Waals surface area contributed by atoms with Gasteiger partial charge < -0.3 is 4.90 Å². The monoisotopic (exact) mass is 409 g/mol. The summed E-state index contributed by atoms with van der Waals surface area (Å²) in [5, 5.41) is 10.8. The van der Waals surface area contributed by atoms with Crippen molar-refractivity contribution in [3.63, 3.8) is 0 Å². The molecular weight excluding hydrogens is 380 g/mol. The van der Waals surface area contributed by atoms with Gasteiger partial charge in [-0.05, 0) is 44.0 Å². The number of hydrazone groups is 1. The molecule has 0 spiro atoms. The third-order valence-corrected chi connectivity index (χ3v) is 6.42. The van der Waals surface area contributed by atoms with Gasteiger partial charge in [-0.1, -0.05) is 36.4 Å². The van der Waals surface area contributed by atoms with E-state index in [1.54, 1.807) is 0 Å². The summed E-state index contributed by atoms with van der Waals surface area (Å²) in [5.41, 5.74) is 5.78. The molecule has 31 heavy (non-hydrogen) atoms. The fraction of sp³-hybridized carbons (Fsp3) is 0.259. The predicted octanol–water partition coefficient (Wildman–Crippen LogP) is 5.28. The number of hydrogen-bond donors (Lipinski definition) is 0. The Morgan fingerprint density at radius 3 is 2.39 bits per heavy atom. The Kier molecular flexibility index (Phi) is 5.06. The van der Waals surface area contributed by atoms with E-state index in [9.17, 15) is 0 Å². The molecule has 1 aromatic heterocycles. The summed E-state index contributed by atoms with van der Waals surface area (Å²) in [4.78, 5) is 2.51. The number of benzene rings is 3. The maximum absolute atomic E-state index is 4.98. The van der Waals surface area contributed by atoms with E-state index >= 15 is 0 Å². The first-order valence-corrected chi connectivity index (χ1v) is 11.1. The fourth-order valence-electron chi connectivity index (χ4n) is 4.82. The van der Waals surface area contributed by atoms with Gasteiger partial charge in [-0.2, -0.15) is 9.67 Å². The minimum Gasteiger partial charge on any atom is -0.371 e. The number of pyridine rings is 1. The topological polar surface area (TPSA) is 22.7 Å². The molecular formula is C27H29N4+. The molecule has 156 valence electrons. The standard InChI is InChI=1S/C27H29N4/c1-20(24-15-14-21-10-4-7-13-25(21)29(24)2)28-30(3)26-16-17-27(31-18-8-9-19-31)23-12-6-5-11-22(23)26/h4-7,10-17H,8-9,18-19H2,1-3H3/q+1. The maximum Gasteiger partial charge on any atom is 0.228 e. The molecule has 1 fully saturated rings. The molecule has 0 atom stereocenters. The minimum absolute atomic E-state index is 0.989. The van der Waals surface area contributed by atoms with E-state index in [1.807, 2.05) is 12.1 Å². The number of anilines is 2. The average Bonchev–Trinajstić information content (AvgIpc) is 3.33. The molecule has 3 aromatic carbocycles. The Labute approximate surface area is 184 Å². The van der Waals surface area contributed by atoms with Gasteiger partial charge in [-0.3, -0.25) is 5.01 Å². The van der Waals surface area contributed by atoms with Crippen molar-refractivity contribution in [1.82, 2.24) is 0 Å². The smallest absolute Gasteiger partial charge is 0.228 e. The van der Waals surface area contributed by atoms with Crippen LogP contribution in [0.15, 0.2) is 77.9 Å². The Morgan fingerprint density at radius 1 is 0.871 bits per heavy atom. The predicted molar refractivity (Wildman–Crippen MR) is 131 cm³/mol. The molecule has 5 rings (SSSR count). The summed E-state index contributed by atoms with van der Waals surface area (Å²) < 4.78 is 2.22. The van der Waals surface area contributed by atoms with Crippen LogP contribution in [0.2, 0.25) is 0 Å². The molecule has 0 N–H and O–H groups in total. The van der Waals surface area contributed by atoms with Gasteiger partial charge in [-0.15, -0.1) is 0 Å². The van der Waals surface area contributed by atoms with Crippen molar-refractivity contribution in [1.29, 1.82) is 0 Å². The zero-order valence-electron chi connectivity index (χ0n) is 18.5. The molecule has 2 heterocycles. The zero-order valence-corrected chi connectivity index (χ0v) is 18.5. The Bertz CT molecular complexity index is 1290. The molecule has 4 aromatic rings. The first-order chi connectivity index (χ1) is 15.1. The second kappa shape index (κ2) is 8.03. The van der Waals surface area contributed by atoms with Crippen LogP contribution in [0.5, 0.6) is 0 Å². The first-order valence-electron chi connectivity index (χ1n) is 11.1. The molecule has 0 saturated carbocycles. The second-order valence-electron chi connectivity index (χ2n) is 8.39. The Morgan fingerprint density at radius 2 is 1.58 bits per heavy atom. The minimum atomic E-state index is 0.989. The van der Waals surface area contributed by atoms with Gasteiger partial charge >= 0.3 is 0 Å². The highest BCUT2D eigenvalue weighted by Crippen LogP contribution is 2.35. The van der Waals surface area contributed by atoms with E-state index in [2.05, 4.69) is 96.2 Å². The molecule has 0 unspecified atom stereocenters. The number of aromatic nitrogens is 1. The molecule has 1 aliphatic heterocycles. The van der Waals surface area contributed by atoms with Crippen LogP contribution in [0.25, 0.3) is 21.7 Å². The van der Waals surface area contributed by atoms with Crippen molar-refractivity contribution in [2.45, 2.75) is 19.8 Å². The SMILES string of the molecule is CC(=NN(C)c1ccc(N2CCCC2)c2ccccc12)c1ccc2ccccc2[n+]1C. The van der Waals surface area contributed by atoms with Crippen molar-refractivity contribution in [3.05, 3.63) is 78.5 Å². The highest BCUT2D eigenvalue weighted by molar-refractivity contribution is 6.03. The van der Waals surface area contributed by atoms with E-state index in [0.717, 1.165) is 30.2 Å². The van der Waals surface area contributed by atoms with Gasteiger partial charge in [0.25, 0.3) is 0 Å². The lowest BCUT2D eigenvalue weighted by molar-refractivity contribution is -0.646. The van der Waals surface area contributed by atoms with E-state index < -0.39 is 0 Å². The van der Waals surface area contributed by atoms with Gasteiger partial charge in [0.15, 0.2) is 0 Å². The van der Waals surface area contributed by atoms with Crippen molar-refractivity contribution in [2.75, 3.05) is 30.0 Å². The lowest BCUT2D eigenvalue weighted by atomic mass is 10.1. The first kappa shape index (κ1) is 19.6. The van der Waals surface area contributed by atoms with Gasteiger partial charge in [0.05, 0.1) is 5.69 Å². The number of para-hydroxylation sites is 1. The van der Waals surface area contributed by atoms with Gasteiger partial charge in [0.2, 0.25) is 11.2 Å². The van der Waals surface area contributed by atoms with Crippen molar-refractivity contribution in [2.24, 2.45) is 12.1 Å². The molecule has 1 aliphatic rings. The van der Waals surface area contributed by atoms with Crippen LogP contribution in [0.4, 0.5) is 11.4 Å². The van der Waals surface area contributed by atoms with E-state index in [-0.39, 0.29) is 0 Å². The van der Waals surface area contributed by atoms with Crippen LogP contribution in [0.3, 0.4) is 0 Å². The largest absolute Gasteiger partial charge is 0.371 e. The third kappa shape index (κ3) is 3.52. The number of hydrogen-bond acceptors (Lipinski definition) is 3. The summed E-state index contributed by atoms with van der Waals surface area (Å²) in [7, 11) is 4.15. The number of nitrogens with zero attached hydrogens (tertiary/aromatic N) is 4. The van der Waals surface area contributed by atoms with Gasteiger partial charge in [-0.25, -0.2) is 0 Å². The van der Waals surface area contributed by atoms with Gasteiger partial charge in [0, 0.05) is 54.1 Å². The zero-order chi connectivity index (χ0) is 21.4. The summed E-state index contributed by atoms with van der Waals surface area (Å²) in [6.07, 6.45) is 2.56. The maximum atomic E-state index is 4.98. The molecule has 0 bridgehead atoms. The summed E-state index contributed by atoms with van der Waals surface area (Å²) in [6.45, 7) is 4.38. The summed E-state index contributed by atoms with van der Waals surface area (Å²) in [5.74, 6) is 0. The van der Waals surface area contributed by atoms with E-state index in [4.69, 9.17) is 5.10 Å². The van der Waals surface area contributed by atoms with Crippen LogP contribution in [0.1, 0.15) is 25.5 Å². The third-order valence-electron chi connectivity index (χ3n) is 6.42. The average molecular weight is 410 g/mol. The lowest BCUT2D eigenvalue weighted by Crippen LogP contribution is -2.37. The van der Waals surface area contributed by atoms with Gasteiger partial charge in [0.1, 0.15) is 12.8 Å². The number of rotatable bonds is 4. The molecule has 4 nitrogen and oxygen atoms in total. The quantitative estimate of drug-likeness (QED) is 0.260. The molecule has 0 aliphatic carbocycles. The number of fused-ring (bicyclic) bond motifs is 2. The summed E-state index contributed by atoms with van der Waals surface area (Å²) >= 11 is 0. The Hall–Kier alpha value is -3.40.